The molecule has 108 valence electrons. The second-order valence-electron chi connectivity index (χ2n) is 4.95. The summed E-state index contributed by atoms with van der Waals surface area (Å²) < 4.78 is 5.16. The third-order valence-electron chi connectivity index (χ3n) is 3.61. The van der Waals surface area contributed by atoms with Gasteiger partial charge in [-0.25, -0.2) is 0 Å². The number of allylic oxidation sites excluding steroid dienone is 1. The zero-order valence-electron chi connectivity index (χ0n) is 11.3. The van der Waals surface area contributed by atoms with Crippen LogP contribution in [0.1, 0.15) is 24.2 Å². The second-order valence-corrected chi connectivity index (χ2v) is 4.95. The minimum absolute atomic E-state index is 0.0183. The van der Waals surface area contributed by atoms with Crippen molar-refractivity contribution in [2.75, 3.05) is 0 Å². The van der Waals surface area contributed by atoms with E-state index in [4.69, 9.17) is 4.74 Å². The van der Waals surface area contributed by atoms with Crippen molar-refractivity contribution in [3.63, 3.8) is 0 Å². The van der Waals surface area contributed by atoms with Crippen LogP contribution in [-0.4, -0.2) is 21.3 Å². The van der Waals surface area contributed by atoms with Crippen LogP contribution >= 0.6 is 0 Å². The van der Waals surface area contributed by atoms with Crippen LogP contribution in [-0.2, 0) is 16.0 Å². The van der Waals surface area contributed by atoms with E-state index in [2.05, 4.69) is 0 Å². The van der Waals surface area contributed by atoms with E-state index in [-0.39, 0.29) is 22.6 Å². The normalized spacial score (nSPS) is 16.7. The van der Waals surface area contributed by atoms with Crippen LogP contribution in [0.3, 0.4) is 0 Å². The number of phenols is 3. The fourth-order valence-electron chi connectivity index (χ4n) is 2.75. The Kier molecular flexibility index (Phi) is 2.97. The molecular weight excluding hydrogens is 272 g/mol. The number of hydrogen-bond acceptors (Lipinski definition) is 5. The van der Waals surface area contributed by atoms with E-state index in [1.165, 1.54) is 13.0 Å². The molecule has 2 aromatic rings. The second kappa shape index (κ2) is 4.70. The van der Waals surface area contributed by atoms with Crippen LogP contribution in [0.5, 0.6) is 17.2 Å². The zero-order chi connectivity index (χ0) is 15.1. The molecule has 0 bridgehead atoms. The van der Waals surface area contributed by atoms with Crippen LogP contribution in [0.15, 0.2) is 30.4 Å². The van der Waals surface area contributed by atoms with Gasteiger partial charge >= 0.3 is 5.97 Å². The summed E-state index contributed by atoms with van der Waals surface area (Å²) >= 11 is 0. The van der Waals surface area contributed by atoms with Crippen molar-refractivity contribution >= 4 is 16.7 Å². The number of carbonyl (C=O) groups excluding carboxylic acids is 1. The average Bonchev–Trinajstić information content (AvgIpc) is 2.43. The van der Waals surface area contributed by atoms with Crippen LogP contribution in [0, 0.1) is 0 Å². The van der Waals surface area contributed by atoms with Gasteiger partial charge in [-0.3, -0.25) is 4.79 Å². The van der Waals surface area contributed by atoms with E-state index >= 15 is 0 Å². The monoisotopic (exact) mass is 286 g/mol. The Balaban J connectivity index is 2.34. The van der Waals surface area contributed by atoms with Gasteiger partial charge in [0.25, 0.3) is 0 Å². The summed E-state index contributed by atoms with van der Waals surface area (Å²) in [5.74, 6) is -0.824. The quantitative estimate of drug-likeness (QED) is 0.426. The highest BCUT2D eigenvalue weighted by atomic mass is 16.5. The fourth-order valence-corrected chi connectivity index (χ4v) is 2.75. The van der Waals surface area contributed by atoms with Gasteiger partial charge in [0.05, 0.1) is 5.39 Å². The van der Waals surface area contributed by atoms with Gasteiger partial charge in [0, 0.05) is 23.4 Å². The number of ether oxygens (including phenoxy) is 1. The molecule has 1 aliphatic rings. The Bertz CT molecular complexity index is 776. The Morgan fingerprint density at radius 3 is 2.71 bits per heavy atom. The van der Waals surface area contributed by atoms with E-state index in [0.29, 0.717) is 22.9 Å². The third-order valence-corrected chi connectivity index (χ3v) is 3.61. The highest BCUT2D eigenvalue weighted by Crippen LogP contribution is 2.48. The Labute approximate surface area is 120 Å². The molecule has 0 aliphatic heterocycles. The molecular formula is C16H14O5. The Morgan fingerprint density at radius 2 is 2.00 bits per heavy atom. The van der Waals surface area contributed by atoms with Crippen molar-refractivity contribution in [2.24, 2.45) is 0 Å². The molecule has 0 saturated heterocycles. The largest absolute Gasteiger partial charge is 0.507 e. The van der Waals surface area contributed by atoms with Crippen molar-refractivity contribution in [3.05, 3.63) is 41.5 Å². The first-order chi connectivity index (χ1) is 10.0. The van der Waals surface area contributed by atoms with Gasteiger partial charge in [0.2, 0.25) is 0 Å². The van der Waals surface area contributed by atoms with E-state index in [9.17, 15) is 20.1 Å². The molecule has 5 nitrogen and oxygen atoms in total. The Morgan fingerprint density at radius 1 is 1.24 bits per heavy atom. The van der Waals surface area contributed by atoms with Crippen molar-refractivity contribution in [1.82, 2.24) is 0 Å². The molecule has 0 amide bonds. The number of aromatic hydroxyl groups is 3. The first kappa shape index (κ1) is 13.3. The molecule has 3 rings (SSSR count). The lowest BCUT2D eigenvalue weighted by Gasteiger charge is -2.24. The van der Waals surface area contributed by atoms with Gasteiger partial charge in [0.1, 0.15) is 23.4 Å². The summed E-state index contributed by atoms with van der Waals surface area (Å²) in [6.45, 7) is 1.28. The van der Waals surface area contributed by atoms with E-state index in [0.717, 1.165) is 0 Å². The van der Waals surface area contributed by atoms with Crippen molar-refractivity contribution < 1.29 is 24.9 Å². The maximum absolute atomic E-state index is 11.2. The average molecular weight is 286 g/mol. The maximum Gasteiger partial charge on any atom is 0.303 e. The summed E-state index contributed by atoms with van der Waals surface area (Å²) in [5.41, 5.74) is 0.818. The number of fused-ring (bicyclic) bond motifs is 2. The van der Waals surface area contributed by atoms with Crippen molar-refractivity contribution in [2.45, 2.75) is 19.4 Å². The molecule has 1 atom stereocenters. The minimum Gasteiger partial charge on any atom is -0.507 e. The Hall–Kier alpha value is -2.69. The molecule has 0 aromatic heterocycles. The van der Waals surface area contributed by atoms with Crippen LogP contribution in [0.2, 0.25) is 0 Å². The van der Waals surface area contributed by atoms with E-state index in [1.807, 2.05) is 0 Å². The fraction of sp³-hybridized carbons (Fsp3) is 0.188. The van der Waals surface area contributed by atoms with Crippen molar-refractivity contribution in [1.29, 1.82) is 0 Å². The highest BCUT2D eigenvalue weighted by Gasteiger charge is 2.28. The molecule has 0 spiro atoms. The van der Waals surface area contributed by atoms with Gasteiger partial charge in [-0.15, -0.1) is 0 Å². The van der Waals surface area contributed by atoms with Gasteiger partial charge in [-0.05, 0) is 18.6 Å². The van der Waals surface area contributed by atoms with Gasteiger partial charge in [0.15, 0.2) is 0 Å². The van der Waals surface area contributed by atoms with Crippen LogP contribution < -0.4 is 0 Å². The number of esters is 1. The van der Waals surface area contributed by atoms with Crippen molar-refractivity contribution in [3.8, 4) is 17.2 Å². The number of carbonyl (C=O) groups is 1. The van der Waals surface area contributed by atoms with Crippen LogP contribution in [0.25, 0.3) is 10.8 Å². The lowest BCUT2D eigenvalue weighted by molar-refractivity contribution is -0.144. The van der Waals surface area contributed by atoms with Gasteiger partial charge in [-0.1, -0.05) is 18.2 Å². The number of rotatable bonds is 1. The first-order valence-electron chi connectivity index (χ1n) is 6.53. The highest BCUT2D eigenvalue weighted by molar-refractivity contribution is 6.00. The summed E-state index contributed by atoms with van der Waals surface area (Å²) in [4.78, 5) is 11.2. The first-order valence-corrected chi connectivity index (χ1v) is 6.53. The van der Waals surface area contributed by atoms with E-state index < -0.39 is 12.1 Å². The van der Waals surface area contributed by atoms with Gasteiger partial charge in [-0.2, -0.15) is 0 Å². The van der Waals surface area contributed by atoms with Gasteiger partial charge < -0.3 is 20.1 Å². The summed E-state index contributed by atoms with van der Waals surface area (Å²) in [6, 6.07) is 4.63. The maximum atomic E-state index is 11.2. The lowest BCUT2D eigenvalue weighted by Crippen LogP contribution is -2.12. The molecule has 0 radical (unpaired) electrons. The molecule has 5 heteroatoms. The molecule has 1 unspecified atom stereocenters. The SMILES string of the molecule is CC(=O)OC1C=CCc2c1c(O)c1c(O)cccc1c2O. The molecule has 1 aliphatic carbocycles. The molecule has 21 heavy (non-hydrogen) atoms. The predicted octanol–water partition coefficient (Wildman–Crippen LogP) is 2.67. The molecule has 0 fully saturated rings. The standard InChI is InChI=1S/C16H14O5/c1-8(17)21-12-7-3-5-10-14(12)16(20)13-9(15(10)19)4-2-6-11(13)18/h2-4,6-7,12,18-20H,5H2,1H3. The smallest absolute Gasteiger partial charge is 0.303 e. The zero-order valence-corrected chi connectivity index (χ0v) is 11.3. The topological polar surface area (TPSA) is 87.0 Å². The minimum atomic E-state index is -0.777. The molecule has 2 aromatic carbocycles. The third kappa shape index (κ3) is 1.98. The molecule has 0 saturated carbocycles. The summed E-state index contributed by atoms with van der Waals surface area (Å²) in [6.07, 6.45) is 3.05. The van der Waals surface area contributed by atoms with E-state index in [1.54, 1.807) is 24.3 Å². The molecule has 0 heterocycles. The predicted molar refractivity (Wildman–Crippen MR) is 76.3 cm³/mol. The number of hydrogen-bond donors (Lipinski definition) is 3. The summed E-state index contributed by atoms with van der Waals surface area (Å²) in [7, 11) is 0. The summed E-state index contributed by atoms with van der Waals surface area (Å²) in [5, 5.41) is 31.4. The van der Waals surface area contributed by atoms with Crippen LogP contribution in [0.4, 0.5) is 0 Å². The number of benzene rings is 2. The molecule has 3 N–H and O–H groups in total. The number of phenolic OH excluding ortho intramolecular Hbond substituents is 3. The lowest BCUT2D eigenvalue weighted by atomic mass is 9.89.